The highest BCUT2D eigenvalue weighted by Gasteiger charge is 2.06. The van der Waals surface area contributed by atoms with Crippen LogP contribution in [-0.4, -0.2) is 25.3 Å². The van der Waals surface area contributed by atoms with E-state index in [4.69, 9.17) is 10.5 Å². The number of methoxy groups -OCH3 is 2. The molecule has 94 valence electrons. The van der Waals surface area contributed by atoms with Crippen molar-refractivity contribution in [2.24, 2.45) is 0 Å². The van der Waals surface area contributed by atoms with Gasteiger partial charge < -0.3 is 20.3 Å². The Kier molecular flexibility index (Phi) is 5.91. The number of phenolic OH excluding ortho intramolecular Hbond substituents is 1. The van der Waals surface area contributed by atoms with Gasteiger partial charge in [0.2, 0.25) is 0 Å². The van der Waals surface area contributed by atoms with Gasteiger partial charge in [-0.05, 0) is 23.8 Å². The number of benzene rings is 1. The second-order valence-corrected chi connectivity index (χ2v) is 3.02. The first kappa shape index (κ1) is 15.1. The van der Waals surface area contributed by atoms with Crippen molar-refractivity contribution in [3.63, 3.8) is 0 Å². The molecular formula is C11H14ClNO4. The summed E-state index contributed by atoms with van der Waals surface area (Å²) in [7, 11) is 2.71. The van der Waals surface area contributed by atoms with Gasteiger partial charge in [-0.25, -0.2) is 4.79 Å². The molecule has 5 nitrogen and oxygen atoms in total. The first-order valence-corrected chi connectivity index (χ1v) is 4.51. The lowest BCUT2D eigenvalue weighted by Gasteiger charge is -2.07. The summed E-state index contributed by atoms with van der Waals surface area (Å²) in [6.45, 7) is 0. The van der Waals surface area contributed by atoms with Crippen molar-refractivity contribution in [1.29, 1.82) is 0 Å². The van der Waals surface area contributed by atoms with Crippen molar-refractivity contribution in [3.05, 3.63) is 23.8 Å². The highest BCUT2D eigenvalue weighted by atomic mass is 35.5. The average Bonchev–Trinajstić information content (AvgIpc) is 2.29. The van der Waals surface area contributed by atoms with Gasteiger partial charge in [0.25, 0.3) is 0 Å². The minimum atomic E-state index is -0.467. The molecule has 0 aliphatic heterocycles. The predicted molar refractivity (Wildman–Crippen MR) is 67.4 cm³/mol. The normalized spacial score (nSPS) is 9.76. The number of nitrogens with two attached hydrogens (primary N) is 1. The van der Waals surface area contributed by atoms with E-state index < -0.39 is 5.97 Å². The van der Waals surface area contributed by atoms with E-state index in [1.807, 2.05) is 0 Å². The Labute approximate surface area is 105 Å². The number of nitrogen functional groups attached to an aromatic ring is 1. The minimum Gasteiger partial charge on any atom is -0.503 e. The van der Waals surface area contributed by atoms with E-state index in [1.54, 1.807) is 6.07 Å². The van der Waals surface area contributed by atoms with Gasteiger partial charge in [-0.15, -0.1) is 12.4 Å². The summed E-state index contributed by atoms with van der Waals surface area (Å²) in [6.07, 6.45) is 2.77. The van der Waals surface area contributed by atoms with Gasteiger partial charge in [0.15, 0.2) is 11.5 Å². The zero-order valence-electron chi connectivity index (χ0n) is 9.47. The number of hydrogen-bond donors (Lipinski definition) is 2. The van der Waals surface area contributed by atoms with Crippen LogP contribution in [0, 0.1) is 0 Å². The first-order valence-electron chi connectivity index (χ1n) is 4.51. The van der Waals surface area contributed by atoms with Gasteiger partial charge in [0.1, 0.15) is 0 Å². The van der Waals surface area contributed by atoms with Crippen LogP contribution in [0.4, 0.5) is 5.69 Å². The Morgan fingerprint density at radius 1 is 1.41 bits per heavy atom. The lowest BCUT2D eigenvalue weighted by atomic mass is 10.1. The molecule has 0 spiro atoms. The van der Waals surface area contributed by atoms with Gasteiger partial charge in [-0.2, -0.15) is 0 Å². The van der Waals surface area contributed by atoms with Crippen LogP contribution < -0.4 is 10.5 Å². The van der Waals surface area contributed by atoms with Gasteiger partial charge >= 0.3 is 5.97 Å². The Balaban J connectivity index is 0.00000256. The van der Waals surface area contributed by atoms with E-state index >= 15 is 0 Å². The third kappa shape index (κ3) is 3.88. The van der Waals surface area contributed by atoms with Crippen LogP contribution in [0.2, 0.25) is 0 Å². The number of esters is 1. The van der Waals surface area contributed by atoms with Gasteiger partial charge in [0, 0.05) is 6.08 Å². The standard InChI is InChI=1S/C11H13NO4.ClH/c1-15-9-6-7(3-4-10(13)16-2)5-8(12)11(9)14;/h3-6,14H,12H2,1-2H3;1H/b4-3+;. The maximum Gasteiger partial charge on any atom is 0.330 e. The molecule has 0 unspecified atom stereocenters. The molecule has 0 heterocycles. The molecule has 3 N–H and O–H groups in total. The largest absolute Gasteiger partial charge is 0.503 e. The van der Waals surface area contributed by atoms with E-state index in [-0.39, 0.29) is 29.6 Å². The zero-order chi connectivity index (χ0) is 12.1. The highest BCUT2D eigenvalue weighted by Crippen LogP contribution is 2.33. The van der Waals surface area contributed by atoms with Crippen LogP contribution in [0.5, 0.6) is 11.5 Å². The smallest absolute Gasteiger partial charge is 0.330 e. The second-order valence-electron chi connectivity index (χ2n) is 3.02. The van der Waals surface area contributed by atoms with E-state index in [1.165, 1.54) is 32.4 Å². The van der Waals surface area contributed by atoms with Gasteiger partial charge in [-0.1, -0.05) is 0 Å². The Morgan fingerprint density at radius 2 is 2.06 bits per heavy atom. The maximum absolute atomic E-state index is 10.9. The summed E-state index contributed by atoms with van der Waals surface area (Å²) in [4.78, 5) is 10.9. The van der Waals surface area contributed by atoms with Crippen molar-refractivity contribution < 1.29 is 19.4 Å². The van der Waals surface area contributed by atoms with Crippen LogP contribution in [-0.2, 0) is 9.53 Å². The molecule has 1 rings (SSSR count). The van der Waals surface area contributed by atoms with Gasteiger partial charge in [0.05, 0.1) is 19.9 Å². The lowest BCUT2D eigenvalue weighted by molar-refractivity contribution is -0.134. The average molecular weight is 260 g/mol. The van der Waals surface area contributed by atoms with Crippen molar-refractivity contribution in [2.75, 3.05) is 20.0 Å². The van der Waals surface area contributed by atoms with Crippen molar-refractivity contribution >= 4 is 30.1 Å². The van der Waals surface area contributed by atoms with Crippen LogP contribution in [0.3, 0.4) is 0 Å². The SMILES string of the molecule is COC(=O)/C=C/c1cc(N)c(O)c(OC)c1.Cl. The highest BCUT2D eigenvalue weighted by molar-refractivity contribution is 5.87. The first-order chi connectivity index (χ1) is 7.58. The number of rotatable bonds is 3. The number of halogens is 1. The minimum absolute atomic E-state index is 0. The molecule has 0 saturated heterocycles. The summed E-state index contributed by atoms with van der Waals surface area (Å²) in [5.41, 5.74) is 6.38. The van der Waals surface area contributed by atoms with E-state index in [0.29, 0.717) is 5.56 Å². The van der Waals surface area contributed by atoms with Crippen LogP contribution in [0.1, 0.15) is 5.56 Å². The van der Waals surface area contributed by atoms with E-state index in [0.717, 1.165) is 0 Å². The monoisotopic (exact) mass is 259 g/mol. The van der Waals surface area contributed by atoms with Crippen LogP contribution in [0.15, 0.2) is 18.2 Å². The molecule has 0 radical (unpaired) electrons. The quantitative estimate of drug-likeness (QED) is 0.373. The number of phenols is 1. The molecule has 0 bridgehead atoms. The van der Waals surface area contributed by atoms with Gasteiger partial charge in [-0.3, -0.25) is 0 Å². The summed E-state index contributed by atoms with van der Waals surface area (Å²) in [6, 6.07) is 3.09. The third-order valence-corrected chi connectivity index (χ3v) is 1.96. The molecule has 17 heavy (non-hydrogen) atoms. The molecule has 1 aromatic rings. The fourth-order valence-electron chi connectivity index (χ4n) is 1.14. The molecule has 6 heteroatoms. The molecule has 1 aromatic carbocycles. The number of carbonyl (C=O) groups is 1. The fourth-order valence-corrected chi connectivity index (χ4v) is 1.14. The summed E-state index contributed by atoms with van der Waals surface area (Å²) < 4.78 is 9.36. The summed E-state index contributed by atoms with van der Waals surface area (Å²) in [5.74, 6) is -0.326. The molecular weight excluding hydrogens is 246 g/mol. The molecule has 0 aliphatic rings. The van der Waals surface area contributed by atoms with Crippen molar-refractivity contribution in [3.8, 4) is 11.5 Å². The van der Waals surface area contributed by atoms with E-state index in [9.17, 15) is 9.90 Å². The third-order valence-electron chi connectivity index (χ3n) is 1.96. The number of carbonyl (C=O) groups excluding carboxylic acids is 1. The predicted octanol–water partition coefficient (Wildman–Crippen LogP) is 1.59. The molecule has 0 aliphatic carbocycles. The Bertz CT molecular complexity index is 432. The number of ether oxygens (including phenoxy) is 2. The molecule has 0 amide bonds. The topological polar surface area (TPSA) is 81.8 Å². The summed E-state index contributed by atoms with van der Waals surface area (Å²) in [5, 5.41) is 9.48. The second kappa shape index (κ2) is 6.65. The maximum atomic E-state index is 10.9. The number of aromatic hydroxyl groups is 1. The molecule has 0 saturated carbocycles. The zero-order valence-corrected chi connectivity index (χ0v) is 10.3. The Morgan fingerprint density at radius 3 is 2.59 bits per heavy atom. The van der Waals surface area contributed by atoms with Crippen molar-refractivity contribution in [1.82, 2.24) is 0 Å². The van der Waals surface area contributed by atoms with E-state index in [2.05, 4.69) is 4.74 Å². The number of anilines is 1. The van der Waals surface area contributed by atoms with Crippen LogP contribution >= 0.6 is 12.4 Å². The van der Waals surface area contributed by atoms with Crippen LogP contribution in [0.25, 0.3) is 6.08 Å². The fraction of sp³-hybridized carbons (Fsp3) is 0.182. The number of hydrogen-bond acceptors (Lipinski definition) is 5. The molecule has 0 fully saturated rings. The summed E-state index contributed by atoms with van der Waals surface area (Å²) >= 11 is 0. The molecule has 0 aromatic heterocycles. The Hall–Kier alpha value is -1.88. The lowest BCUT2D eigenvalue weighted by Crippen LogP contribution is -1.94. The molecule has 0 atom stereocenters. The van der Waals surface area contributed by atoms with Crippen molar-refractivity contribution in [2.45, 2.75) is 0 Å².